The minimum Gasteiger partial charge on any atom is -0.366 e. The number of hydrogen-bond donors (Lipinski definition) is 0. The second-order valence-electron chi connectivity index (χ2n) is 5.20. The molecule has 7 nitrogen and oxygen atoms in total. The van der Waals surface area contributed by atoms with Gasteiger partial charge in [-0.2, -0.15) is 5.26 Å². The zero-order valence-electron chi connectivity index (χ0n) is 12.4. The Hall–Kier alpha value is -2.95. The van der Waals surface area contributed by atoms with Crippen LogP contribution in [0.5, 0.6) is 0 Å². The van der Waals surface area contributed by atoms with E-state index in [1.165, 1.54) is 17.1 Å². The average molecular weight is 314 g/mol. The molecule has 1 aromatic heterocycles. The van der Waals surface area contributed by atoms with E-state index < -0.39 is 0 Å². The van der Waals surface area contributed by atoms with E-state index >= 15 is 0 Å². The minimum atomic E-state index is -0.251. The lowest BCUT2D eigenvalue weighted by atomic mass is 10.2. The van der Waals surface area contributed by atoms with Crippen molar-refractivity contribution < 1.29 is 9.18 Å². The highest BCUT2D eigenvalue weighted by Crippen LogP contribution is 2.20. The molecule has 0 unspecified atom stereocenters. The number of carbonyl (C=O) groups is 1. The van der Waals surface area contributed by atoms with Gasteiger partial charge in [-0.05, 0) is 12.1 Å². The third-order valence-electron chi connectivity index (χ3n) is 3.76. The maximum atomic E-state index is 13.8. The fourth-order valence-corrected chi connectivity index (χ4v) is 2.57. The molecule has 1 saturated heterocycles. The van der Waals surface area contributed by atoms with Crippen LogP contribution >= 0.6 is 0 Å². The van der Waals surface area contributed by atoms with Gasteiger partial charge >= 0.3 is 0 Å². The van der Waals surface area contributed by atoms with Crippen LogP contribution in [0.4, 0.5) is 10.1 Å². The zero-order chi connectivity index (χ0) is 16.2. The van der Waals surface area contributed by atoms with Gasteiger partial charge in [0.1, 0.15) is 24.8 Å². The standard InChI is InChI=1S/C15H15FN6O/c16-12-3-1-2-4-13(12)20-5-7-21(8-6-20)15(23)10-22-11-18-14(9-17)19-22/h1-4,11H,5-8,10H2. The SMILES string of the molecule is N#Cc1ncn(CC(=O)N2CCN(c3ccccc3F)CC2)n1. The number of hydrogen-bond acceptors (Lipinski definition) is 5. The van der Waals surface area contributed by atoms with E-state index in [-0.39, 0.29) is 24.1 Å². The van der Waals surface area contributed by atoms with Crippen molar-refractivity contribution in [1.29, 1.82) is 5.26 Å². The van der Waals surface area contributed by atoms with E-state index in [1.807, 2.05) is 11.0 Å². The van der Waals surface area contributed by atoms with Crippen LogP contribution in [0.1, 0.15) is 5.82 Å². The van der Waals surface area contributed by atoms with Gasteiger partial charge in [-0.25, -0.2) is 14.1 Å². The highest BCUT2D eigenvalue weighted by Gasteiger charge is 2.23. The predicted octanol–water partition coefficient (Wildman–Crippen LogP) is 0.638. The molecule has 3 rings (SSSR count). The summed E-state index contributed by atoms with van der Waals surface area (Å²) in [5.74, 6) is -0.298. The molecule has 0 N–H and O–H groups in total. The molecule has 2 aromatic rings. The molecule has 8 heteroatoms. The van der Waals surface area contributed by atoms with Gasteiger partial charge < -0.3 is 9.80 Å². The Morgan fingerprint density at radius 2 is 2.00 bits per heavy atom. The van der Waals surface area contributed by atoms with Crippen molar-refractivity contribution >= 4 is 11.6 Å². The van der Waals surface area contributed by atoms with Gasteiger partial charge in [0.25, 0.3) is 5.82 Å². The third-order valence-corrected chi connectivity index (χ3v) is 3.76. The molecule has 1 aliphatic heterocycles. The Bertz CT molecular complexity index is 744. The molecule has 0 bridgehead atoms. The summed E-state index contributed by atoms with van der Waals surface area (Å²) in [5.41, 5.74) is 0.564. The number of anilines is 1. The monoisotopic (exact) mass is 314 g/mol. The fourth-order valence-electron chi connectivity index (χ4n) is 2.57. The van der Waals surface area contributed by atoms with Crippen molar-refractivity contribution in [3.05, 3.63) is 42.2 Å². The van der Waals surface area contributed by atoms with Crippen molar-refractivity contribution in [2.24, 2.45) is 0 Å². The topological polar surface area (TPSA) is 78.0 Å². The Morgan fingerprint density at radius 1 is 1.26 bits per heavy atom. The summed E-state index contributed by atoms with van der Waals surface area (Å²) < 4.78 is 15.1. The lowest BCUT2D eigenvalue weighted by Gasteiger charge is -2.36. The van der Waals surface area contributed by atoms with Crippen molar-refractivity contribution in [2.75, 3.05) is 31.1 Å². The van der Waals surface area contributed by atoms with Crippen molar-refractivity contribution in [1.82, 2.24) is 19.7 Å². The summed E-state index contributed by atoms with van der Waals surface area (Å²) >= 11 is 0. The van der Waals surface area contributed by atoms with Crippen LogP contribution in [0.15, 0.2) is 30.6 Å². The molecule has 0 spiro atoms. The largest absolute Gasteiger partial charge is 0.366 e. The summed E-state index contributed by atoms with van der Waals surface area (Å²) in [7, 11) is 0. The highest BCUT2D eigenvalue weighted by atomic mass is 19.1. The second-order valence-corrected chi connectivity index (χ2v) is 5.20. The fraction of sp³-hybridized carbons (Fsp3) is 0.333. The number of carbonyl (C=O) groups excluding carboxylic acids is 1. The summed E-state index contributed by atoms with van der Waals surface area (Å²) in [5, 5.41) is 12.5. The van der Waals surface area contributed by atoms with Gasteiger partial charge in [0.15, 0.2) is 0 Å². The number of benzene rings is 1. The Labute approximate surface area is 132 Å². The van der Waals surface area contributed by atoms with Gasteiger partial charge in [-0.1, -0.05) is 12.1 Å². The highest BCUT2D eigenvalue weighted by molar-refractivity contribution is 5.76. The molecule has 23 heavy (non-hydrogen) atoms. The molecule has 1 aromatic carbocycles. The molecular formula is C15H15FN6O. The van der Waals surface area contributed by atoms with Gasteiger partial charge in [0.05, 0.1) is 5.69 Å². The second kappa shape index (κ2) is 6.44. The van der Waals surface area contributed by atoms with E-state index in [9.17, 15) is 9.18 Å². The van der Waals surface area contributed by atoms with Crippen molar-refractivity contribution in [3.8, 4) is 6.07 Å². The van der Waals surface area contributed by atoms with Crippen LogP contribution in [0.2, 0.25) is 0 Å². The Balaban J connectivity index is 1.57. The molecular weight excluding hydrogens is 299 g/mol. The maximum absolute atomic E-state index is 13.8. The molecule has 0 radical (unpaired) electrons. The number of amides is 1. The third kappa shape index (κ3) is 3.29. The molecule has 1 fully saturated rings. The number of piperazine rings is 1. The summed E-state index contributed by atoms with van der Waals surface area (Å²) in [6.07, 6.45) is 1.37. The van der Waals surface area contributed by atoms with Crippen LogP contribution in [0.25, 0.3) is 0 Å². The van der Waals surface area contributed by atoms with Gasteiger partial charge in [-0.15, -0.1) is 5.10 Å². The summed E-state index contributed by atoms with van der Waals surface area (Å²) in [6, 6.07) is 8.45. The Kier molecular flexibility index (Phi) is 4.19. The molecule has 1 amide bonds. The van der Waals surface area contributed by atoms with Crippen LogP contribution in [-0.2, 0) is 11.3 Å². The predicted molar refractivity (Wildman–Crippen MR) is 79.9 cm³/mol. The molecule has 0 aliphatic carbocycles. The minimum absolute atomic E-state index is 0.0437. The lowest BCUT2D eigenvalue weighted by molar-refractivity contribution is -0.132. The normalized spacial score (nSPS) is 14.6. The number of nitriles is 1. The van der Waals surface area contributed by atoms with Crippen molar-refractivity contribution in [2.45, 2.75) is 6.54 Å². The van der Waals surface area contributed by atoms with E-state index in [0.717, 1.165) is 0 Å². The number of halogens is 1. The molecule has 0 saturated carbocycles. The van der Waals surface area contributed by atoms with E-state index in [4.69, 9.17) is 5.26 Å². The number of rotatable bonds is 3. The van der Waals surface area contributed by atoms with E-state index in [2.05, 4.69) is 10.1 Å². The number of para-hydroxylation sites is 1. The van der Waals surface area contributed by atoms with Gasteiger partial charge in [-0.3, -0.25) is 4.79 Å². The van der Waals surface area contributed by atoms with Crippen LogP contribution in [-0.4, -0.2) is 51.8 Å². The van der Waals surface area contributed by atoms with Crippen LogP contribution in [0.3, 0.4) is 0 Å². The first-order valence-electron chi connectivity index (χ1n) is 7.24. The summed E-state index contributed by atoms with van der Waals surface area (Å²) in [4.78, 5) is 19.6. The van der Waals surface area contributed by atoms with Crippen molar-refractivity contribution in [3.63, 3.8) is 0 Å². The quantitative estimate of drug-likeness (QED) is 0.831. The molecule has 0 atom stereocenters. The molecule has 118 valence electrons. The van der Waals surface area contributed by atoms with E-state index in [0.29, 0.717) is 31.9 Å². The number of aromatic nitrogens is 3. The smallest absolute Gasteiger partial charge is 0.252 e. The number of nitrogens with zero attached hydrogens (tertiary/aromatic N) is 6. The van der Waals surface area contributed by atoms with Crippen LogP contribution in [0, 0.1) is 17.1 Å². The first-order chi connectivity index (χ1) is 11.2. The van der Waals surface area contributed by atoms with Gasteiger partial charge in [0.2, 0.25) is 5.91 Å². The lowest BCUT2D eigenvalue weighted by Crippen LogP contribution is -2.49. The average Bonchev–Trinajstić information content (AvgIpc) is 3.03. The Morgan fingerprint density at radius 3 is 2.65 bits per heavy atom. The van der Waals surface area contributed by atoms with Gasteiger partial charge in [0, 0.05) is 26.2 Å². The molecule has 2 heterocycles. The maximum Gasteiger partial charge on any atom is 0.252 e. The first-order valence-corrected chi connectivity index (χ1v) is 7.24. The summed E-state index contributed by atoms with van der Waals surface area (Å²) in [6.45, 7) is 2.25. The van der Waals surface area contributed by atoms with Crippen LogP contribution < -0.4 is 4.90 Å². The zero-order valence-corrected chi connectivity index (χ0v) is 12.4. The van der Waals surface area contributed by atoms with E-state index in [1.54, 1.807) is 23.1 Å². The first kappa shape index (κ1) is 15.0. The molecule has 1 aliphatic rings.